The van der Waals surface area contributed by atoms with Gasteiger partial charge in [-0.15, -0.1) is 0 Å². The van der Waals surface area contributed by atoms with Crippen molar-refractivity contribution < 1.29 is 13.6 Å². The molecule has 9 heteroatoms. The SMILES string of the molecule is CCc1nc2c(C)cc(C)nc2n1Cc1ccc(-c2ccncc2N(C(=O)c2ccccc2)S(=O)O)cc1. The van der Waals surface area contributed by atoms with Crippen LogP contribution in [-0.4, -0.2) is 34.2 Å². The van der Waals surface area contributed by atoms with Crippen LogP contribution in [0.4, 0.5) is 5.69 Å². The van der Waals surface area contributed by atoms with Crippen molar-refractivity contribution in [1.29, 1.82) is 0 Å². The van der Waals surface area contributed by atoms with Crippen molar-refractivity contribution in [3.05, 3.63) is 107 Å². The van der Waals surface area contributed by atoms with Gasteiger partial charge in [-0.05, 0) is 54.8 Å². The summed E-state index contributed by atoms with van der Waals surface area (Å²) in [6.45, 7) is 6.74. The lowest BCUT2D eigenvalue weighted by atomic mass is 10.0. The van der Waals surface area contributed by atoms with Crippen LogP contribution in [0.15, 0.2) is 79.1 Å². The number of benzene rings is 2. The highest BCUT2D eigenvalue weighted by Crippen LogP contribution is 2.32. The minimum absolute atomic E-state index is 0.249. The van der Waals surface area contributed by atoms with E-state index in [0.717, 1.165) is 50.1 Å². The third-order valence-corrected chi connectivity index (χ3v) is 7.08. The Morgan fingerprint density at radius 3 is 2.45 bits per heavy atom. The van der Waals surface area contributed by atoms with Gasteiger partial charge in [0.1, 0.15) is 11.3 Å². The maximum Gasteiger partial charge on any atom is 0.272 e. The summed E-state index contributed by atoms with van der Waals surface area (Å²) in [4.78, 5) is 26.9. The van der Waals surface area contributed by atoms with Crippen LogP contribution < -0.4 is 4.31 Å². The van der Waals surface area contributed by atoms with Crippen molar-refractivity contribution in [3.8, 4) is 11.1 Å². The zero-order valence-corrected chi connectivity index (χ0v) is 22.1. The van der Waals surface area contributed by atoms with E-state index in [1.54, 1.807) is 42.6 Å². The van der Waals surface area contributed by atoms with E-state index in [4.69, 9.17) is 9.97 Å². The number of anilines is 1. The Kier molecular flexibility index (Phi) is 7.13. The van der Waals surface area contributed by atoms with E-state index < -0.39 is 17.2 Å². The fourth-order valence-corrected chi connectivity index (χ4v) is 5.17. The van der Waals surface area contributed by atoms with Gasteiger partial charge in [0.2, 0.25) is 0 Å². The molecule has 0 aliphatic carbocycles. The number of carbonyl (C=O) groups is 1. The second-order valence-corrected chi connectivity index (χ2v) is 9.83. The summed E-state index contributed by atoms with van der Waals surface area (Å²) in [5, 5.41) is 0. The number of rotatable bonds is 7. The Hall–Kier alpha value is -4.21. The normalized spacial score (nSPS) is 12.0. The number of nitrogens with zero attached hydrogens (tertiary/aromatic N) is 5. The van der Waals surface area contributed by atoms with Crippen LogP contribution in [0, 0.1) is 13.8 Å². The number of hydrogen-bond acceptors (Lipinski definition) is 5. The Balaban J connectivity index is 1.49. The van der Waals surface area contributed by atoms with Crippen LogP contribution in [0.5, 0.6) is 0 Å². The number of hydrogen-bond donors (Lipinski definition) is 1. The molecule has 0 saturated carbocycles. The van der Waals surface area contributed by atoms with E-state index in [1.807, 2.05) is 37.3 Å². The lowest BCUT2D eigenvalue weighted by molar-refractivity contribution is 0.100. The van der Waals surface area contributed by atoms with Crippen molar-refractivity contribution in [2.45, 2.75) is 33.7 Å². The molecule has 0 aliphatic rings. The van der Waals surface area contributed by atoms with Crippen LogP contribution in [0.2, 0.25) is 0 Å². The second kappa shape index (κ2) is 10.6. The smallest absolute Gasteiger partial charge is 0.272 e. The van der Waals surface area contributed by atoms with E-state index in [0.29, 0.717) is 17.7 Å². The minimum Gasteiger partial charge on any atom is -0.308 e. The molecule has 38 heavy (non-hydrogen) atoms. The maximum atomic E-state index is 13.1. The van der Waals surface area contributed by atoms with Gasteiger partial charge in [-0.3, -0.25) is 14.3 Å². The molecule has 5 aromatic rings. The highest BCUT2D eigenvalue weighted by atomic mass is 32.2. The molecule has 3 aromatic heterocycles. The lowest BCUT2D eigenvalue weighted by Gasteiger charge is -2.21. The third kappa shape index (κ3) is 4.85. The Bertz CT molecular complexity index is 1650. The second-order valence-electron chi connectivity index (χ2n) is 9.01. The first-order chi connectivity index (χ1) is 18.4. The monoisotopic (exact) mass is 525 g/mol. The van der Waals surface area contributed by atoms with Crippen LogP contribution in [-0.2, 0) is 24.2 Å². The molecule has 5 rings (SSSR count). The predicted octanol–water partition coefficient (Wildman–Crippen LogP) is 5.50. The Labute approximate surface area is 223 Å². The number of imidazole rings is 1. The van der Waals surface area contributed by atoms with Gasteiger partial charge in [-0.1, -0.05) is 49.4 Å². The molecule has 0 aliphatic heterocycles. The number of pyridine rings is 2. The van der Waals surface area contributed by atoms with Crippen molar-refractivity contribution in [2.75, 3.05) is 4.31 Å². The van der Waals surface area contributed by atoms with Gasteiger partial charge in [0.25, 0.3) is 17.2 Å². The van der Waals surface area contributed by atoms with Crippen molar-refractivity contribution in [1.82, 2.24) is 19.5 Å². The van der Waals surface area contributed by atoms with Gasteiger partial charge in [0.05, 0.1) is 18.4 Å². The Morgan fingerprint density at radius 1 is 1.03 bits per heavy atom. The van der Waals surface area contributed by atoms with E-state index in [9.17, 15) is 13.6 Å². The quantitative estimate of drug-likeness (QED) is 0.282. The summed E-state index contributed by atoms with van der Waals surface area (Å²) in [5.41, 5.74) is 6.88. The third-order valence-electron chi connectivity index (χ3n) is 6.40. The molecule has 1 atom stereocenters. The largest absolute Gasteiger partial charge is 0.308 e. The molecule has 0 saturated heterocycles. The number of amides is 1. The Morgan fingerprint density at radius 2 is 1.76 bits per heavy atom. The van der Waals surface area contributed by atoms with E-state index in [1.165, 1.54) is 6.20 Å². The zero-order valence-electron chi connectivity index (χ0n) is 21.3. The van der Waals surface area contributed by atoms with Crippen LogP contribution in [0.3, 0.4) is 0 Å². The summed E-state index contributed by atoms with van der Waals surface area (Å²) >= 11 is -2.59. The van der Waals surface area contributed by atoms with Crippen LogP contribution in [0.1, 0.15) is 39.9 Å². The minimum atomic E-state index is -2.59. The van der Waals surface area contributed by atoms with Gasteiger partial charge in [-0.25, -0.2) is 14.2 Å². The van der Waals surface area contributed by atoms with Crippen molar-refractivity contribution in [3.63, 3.8) is 0 Å². The van der Waals surface area contributed by atoms with E-state index in [-0.39, 0.29) is 5.69 Å². The molecular weight excluding hydrogens is 498 g/mol. The summed E-state index contributed by atoms with van der Waals surface area (Å²) in [6, 6.07) is 20.1. The average Bonchev–Trinajstić information content (AvgIpc) is 3.27. The number of aromatic nitrogens is 4. The molecule has 3 heterocycles. The highest BCUT2D eigenvalue weighted by molar-refractivity contribution is 7.81. The van der Waals surface area contributed by atoms with Gasteiger partial charge in [0.15, 0.2) is 5.65 Å². The first kappa shape index (κ1) is 25.4. The zero-order chi connectivity index (χ0) is 26.8. The van der Waals surface area contributed by atoms with E-state index in [2.05, 4.69) is 23.4 Å². The van der Waals surface area contributed by atoms with Gasteiger partial charge >= 0.3 is 0 Å². The number of carbonyl (C=O) groups excluding carboxylic acids is 1. The first-order valence-corrected chi connectivity index (χ1v) is 13.3. The molecule has 0 fully saturated rings. The predicted molar refractivity (Wildman–Crippen MR) is 149 cm³/mol. The van der Waals surface area contributed by atoms with Crippen LogP contribution in [0.25, 0.3) is 22.3 Å². The first-order valence-electron chi connectivity index (χ1n) is 12.2. The summed E-state index contributed by atoms with van der Waals surface area (Å²) in [6.07, 6.45) is 3.82. The molecule has 1 amide bonds. The number of aryl methyl sites for hydroxylation is 3. The molecular formula is C29H27N5O3S. The van der Waals surface area contributed by atoms with Crippen molar-refractivity contribution in [2.24, 2.45) is 0 Å². The lowest BCUT2D eigenvalue weighted by Crippen LogP contribution is -2.33. The molecule has 1 N–H and O–H groups in total. The maximum absolute atomic E-state index is 13.1. The fourth-order valence-electron chi connectivity index (χ4n) is 4.61. The molecule has 0 spiro atoms. The fraction of sp³-hybridized carbons (Fsp3) is 0.172. The average molecular weight is 526 g/mol. The standard InChI is InChI=1S/C29H27N5O3S/c1-4-26-32-27-19(2)16-20(3)31-28(27)33(26)18-21-10-12-22(13-11-21)24-14-15-30-17-25(24)34(38(36)37)29(35)23-8-6-5-7-9-23/h5-17H,4,18H2,1-3H3,(H,36,37). The van der Waals surface area contributed by atoms with Gasteiger partial charge < -0.3 is 4.57 Å². The topological polar surface area (TPSA) is 101 Å². The summed E-state index contributed by atoms with van der Waals surface area (Å²) in [5.74, 6) is 0.386. The van der Waals surface area contributed by atoms with Gasteiger partial charge in [0, 0.05) is 29.4 Å². The van der Waals surface area contributed by atoms with Crippen LogP contribution >= 0.6 is 0 Å². The molecule has 192 valence electrons. The molecule has 0 radical (unpaired) electrons. The summed E-state index contributed by atoms with van der Waals surface area (Å²) < 4.78 is 25.4. The number of fused-ring (bicyclic) bond motifs is 1. The molecule has 0 bridgehead atoms. The van der Waals surface area contributed by atoms with Crippen molar-refractivity contribution >= 4 is 34.0 Å². The van der Waals surface area contributed by atoms with E-state index >= 15 is 0 Å². The molecule has 2 aromatic carbocycles. The van der Waals surface area contributed by atoms with Gasteiger partial charge in [-0.2, -0.15) is 4.31 Å². The molecule has 8 nitrogen and oxygen atoms in total. The molecule has 1 unspecified atom stereocenters. The summed E-state index contributed by atoms with van der Waals surface area (Å²) in [7, 11) is 0. The highest BCUT2D eigenvalue weighted by Gasteiger charge is 2.26.